The van der Waals surface area contributed by atoms with Gasteiger partial charge in [0, 0.05) is 7.11 Å². The molecule has 1 aromatic rings. The van der Waals surface area contributed by atoms with E-state index in [2.05, 4.69) is 4.98 Å². The minimum atomic E-state index is -0.448. The Balaban J connectivity index is 2.57. The zero-order chi connectivity index (χ0) is 13.3. The Morgan fingerprint density at radius 2 is 2.17 bits per heavy atom. The van der Waals surface area contributed by atoms with Crippen molar-refractivity contribution in [3.63, 3.8) is 0 Å². The molecule has 0 saturated heterocycles. The van der Waals surface area contributed by atoms with E-state index in [1.807, 2.05) is 6.92 Å². The molecule has 2 atom stereocenters. The number of hydrogen-bond donors (Lipinski definition) is 1. The predicted octanol–water partition coefficient (Wildman–Crippen LogP) is 1.49. The molecule has 1 fully saturated rings. The fourth-order valence-corrected chi connectivity index (χ4v) is 2.94. The van der Waals surface area contributed by atoms with Gasteiger partial charge in [-0.15, -0.1) is 0 Å². The van der Waals surface area contributed by atoms with E-state index in [9.17, 15) is 9.59 Å². The van der Waals surface area contributed by atoms with Crippen LogP contribution in [0, 0.1) is 0 Å². The van der Waals surface area contributed by atoms with Gasteiger partial charge in [0.05, 0.1) is 17.7 Å². The standard InChI is InChI=1S/C12H17ClN2O3/c1-3-7-10(13)14-12(17)15(11(7)16)8-5-4-6-9(8)18-2/h8-9H,3-6H2,1-2H3,(H,14,17). The Labute approximate surface area is 110 Å². The maximum absolute atomic E-state index is 12.3. The molecule has 0 spiro atoms. The summed E-state index contributed by atoms with van der Waals surface area (Å²) < 4.78 is 6.62. The van der Waals surface area contributed by atoms with Gasteiger partial charge in [0.15, 0.2) is 0 Å². The molecule has 0 radical (unpaired) electrons. The molecule has 0 amide bonds. The number of H-pyrrole nitrogens is 1. The van der Waals surface area contributed by atoms with Crippen molar-refractivity contribution >= 4 is 11.6 Å². The molecule has 1 aromatic heterocycles. The Hall–Kier alpha value is -1.07. The van der Waals surface area contributed by atoms with Crippen molar-refractivity contribution in [1.82, 2.24) is 9.55 Å². The largest absolute Gasteiger partial charge is 0.379 e. The van der Waals surface area contributed by atoms with Gasteiger partial charge < -0.3 is 4.74 Å². The first-order valence-electron chi connectivity index (χ1n) is 6.16. The first-order chi connectivity index (χ1) is 8.60. The number of aromatic nitrogens is 2. The number of methoxy groups -OCH3 is 1. The van der Waals surface area contributed by atoms with Gasteiger partial charge in [0.2, 0.25) is 0 Å². The lowest BCUT2D eigenvalue weighted by Gasteiger charge is -2.20. The highest BCUT2D eigenvalue weighted by atomic mass is 35.5. The third-order valence-electron chi connectivity index (χ3n) is 3.58. The van der Waals surface area contributed by atoms with Crippen molar-refractivity contribution in [3.8, 4) is 0 Å². The van der Waals surface area contributed by atoms with Gasteiger partial charge in [-0.25, -0.2) is 4.79 Å². The lowest BCUT2D eigenvalue weighted by atomic mass is 10.2. The molecule has 1 saturated carbocycles. The number of aromatic amines is 1. The summed E-state index contributed by atoms with van der Waals surface area (Å²) in [5.41, 5.74) is -0.283. The van der Waals surface area contributed by atoms with Crippen molar-refractivity contribution in [2.75, 3.05) is 7.11 Å². The first-order valence-corrected chi connectivity index (χ1v) is 6.54. The van der Waals surface area contributed by atoms with Gasteiger partial charge in [0.25, 0.3) is 5.56 Å². The minimum absolute atomic E-state index is 0.0744. The van der Waals surface area contributed by atoms with Crippen LogP contribution in [-0.2, 0) is 11.2 Å². The maximum atomic E-state index is 12.3. The first kappa shape index (κ1) is 13.4. The molecule has 1 aliphatic rings. The summed E-state index contributed by atoms with van der Waals surface area (Å²) in [7, 11) is 1.61. The van der Waals surface area contributed by atoms with Gasteiger partial charge in [0.1, 0.15) is 5.15 Å². The zero-order valence-electron chi connectivity index (χ0n) is 10.5. The molecule has 1 N–H and O–H groups in total. The summed E-state index contributed by atoms with van der Waals surface area (Å²) in [6.45, 7) is 1.84. The highest BCUT2D eigenvalue weighted by Crippen LogP contribution is 2.30. The molecular formula is C12H17ClN2O3. The zero-order valence-corrected chi connectivity index (χ0v) is 11.3. The second-order valence-electron chi connectivity index (χ2n) is 4.52. The average molecular weight is 273 g/mol. The number of rotatable bonds is 3. The Morgan fingerprint density at radius 1 is 1.44 bits per heavy atom. The molecule has 1 heterocycles. The topological polar surface area (TPSA) is 64.1 Å². The lowest BCUT2D eigenvalue weighted by Crippen LogP contribution is -2.42. The van der Waals surface area contributed by atoms with Gasteiger partial charge in [-0.2, -0.15) is 0 Å². The van der Waals surface area contributed by atoms with E-state index < -0.39 is 5.69 Å². The molecule has 0 aliphatic heterocycles. The van der Waals surface area contributed by atoms with Crippen molar-refractivity contribution in [3.05, 3.63) is 31.6 Å². The van der Waals surface area contributed by atoms with Crippen LogP contribution in [0.5, 0.6) is 0 Å². The molecule has 2 rings (SSSR count). The molecular weight excluding hydrogens is 256 g/mol. The molecule has 6 heteroatoms. The number of ether oxygens (including phenoxy) is 1. The highest BCUT2D eigenvalue weighted by Gasteiger charge is 2.31. The quantitative estimate of drug-likeness (QED) is 0.848. The fourth-order valence-electron chi connectivity index (χ4n) is 2.65. The van der Waals surface area contributed by atoms with Crippen molar-refractivity contribution in [2.45, 2.75) is 44.8 Å². The normalized spacial score (nSPS) is 23.5. The van der Waals surface area contributed by atoms with Crippen LogP contribution >= 0.6 is 11.6 Å². The van der Waals surface area contributed by atoms with E-state index in [0.717, 1.165) is 19.3 Å². The van der Waals surface area contributed by atoms with Crippen LogP contribution in [0.2, 0.25) is 5.15 Å². The summed E-state index contributed by atoms with van der Waals surface area (Å²) in [6, 6.07) is -0.186. The molecule has 0 aromatic carbocycles. The van der Waals surface area contributed by atoms with E-state index in [4.69, 9.17) is 16.3 Å². The minimum Gasteiger partial charge on any atom is -0.379 e. The number of halogens is 1. The van der Waals surface area contributed by atoms with Gasteiger partial charge in [-0.1, -0.05) is 18.5 Å². The summed E-state index contributed by atoms with van der Waals surface area (Å²) in [6.07, 6.45) is 3.04. The van der Waals surface area contributed by atoms with E-state index >= 15 is 0 Å². The average Bonchev–Trinajstić information content (AvgIpc) is 2.77. The predicted molar refractivity (Wildman–Crippen MR) is 69.4 cm³/mol. The molecule has 100 valence electrons. The van der Waals surface area contributed by atoms with Crippen LogP contribution in [0.4, 0.5) is 0 Å². The number of hydrogen-bond acceptors (Lipinski definition) is 3. The molecule has 5 nitrogen and oxygen atoms in total. The van der Waals surface area contributed by atoms with E-state index in [1.165, 1.54) is 4.57 Å². The second kappa shape index (κ2) is 5.28. The third-order valence-corrected chi connectivity index (χ3v) is 3.91. The Morgan fingerprint density at radius 3 is 2.78 bits per heavy atom. The summed E-state index contributed by atoms with van der Waals surface area (Å²) in [5, 5.41) is 0.149. The van der Waals surface area contributed by atoms with Crippen molar-refractivity contribution in [2.24, 2.45) is 0 Å². The number of nitrogens with one attached hydrogen (secondary N) is 1. The van der Waals surface area contributed by atoms with Gasteiger partial charge in [-0.3, -0.25) is 14.3 Å². The molecule has 18 heavy (non-hydrogen) atoms. The van der Waals surface area contributed by atoms with Crippen LogP contribution in [0.15, 0.2) is 9.59 Å². The van der Waals surface area contributed by atoms with Gasteiger partial charge >= 0.3 is 5.69 Å². The van der Waals surface area contributed by atoms with Crippen molar-refractivity contribution in [1.29, 1.82) is 0 Å². The van der Waals surface area contributed by atoms with Gasteiger partial charge in [-0.05, 0) is 25.7 Å². The Kier molecular flexibility index (Phi) is 3.92. The van der Waals surface area contributed by atoms with E-state index in [1.54, 1.807) is 7.11 Å². The second-order valence-corrected chi connectivity index (χ2v) is 4.90. The third kappa shape index (κ3) is 2.12. The SMILES string of the molecule is CCc1c(Cl)[nH]c(=O)n(C2CCCC2OC)c1=O. The van der Waals surface area contributed by atoms with Crippen LogP contribution in [0.3, 0.4) is 0 Å². The smallest absolute Gasteiger partial charge is 0.329 e. The van der Waals surface area contributed by atoms with E-state index in [-0.39, 0.29) is 22.9 Å². The van der Waals surface area contributed by atoms with Crippen molar-refractivity contribution < 1.29 is 4.74 Å². The van der Waals surface area contributed by atoms with Crippen LogP contribution in [0.25, 0.3) is 0 Å². The summed E-state index contributed by atoms with van der Waals surface area (Å²) in [4.78, 5) is 26.8. The van der Waals surface area contributed by atoms with E-state index in [0.29, 0.717) is 12.0 Å². The summed E-state index contributed by atoms with van der Waals surface area (Å²) >= 11 is 5.88. The van der Waals surface area contributed by atoms with Crippen LogP contribution in [-0.4, -0.2) is 22.8 Å². The monoisotopic (exact) mass is 272 g/mol. The maximum Gasteiger partial charge on any atom is 0.329 e. The fraction of sp³-hybridized carbons (Fsp3) is 0.667. The summed E-state index contributed by atoms with van der Waals surface area (Å²) in [5.74, 6) is 0. The van der Waals surface area contributed by atoms with Crippen LogP contribution in [0.1, 0.15) is 37.8 Å². The van der Waals surface area contributed by atoms with Crippen LogP contribution < -0.4 is 11.2 Å². The Bertz CT molecular complexity index is 549. The highest BCUT2D eigenvalue weighted by molar-refractivity contribution is 6.30. The molecule has 1 aliphatic carbocycles. The molecule has 0 bridgehead atoms. The number of nitrogens with zero attached hydrogens (tertiary/aromatic N) is 1. The lowest BCUT2D eigenvalue weighted by molar-refractivity contribution is 0.0722. The molecule has 2 unspecified atom stereocenters.